The number of aliphatic hydroxyl groups is 1. The summed E-state index contributed by atoms with van der Waals surface area (Å²) in [5.41, 5.74) is 7.79. The summed E-state index contributed by atoms with van der Waals surface area (Å²) in [6.07, 6.45) is 4.70. The van der Waals surface area contributed by atoms with Crippen LogP contribution in [0.3, 0.4) is 0 Å². The molecular formula is C36H47ClN4O3S2. The van der Waals surface area contributed by atoms with Gasteiger partial charge in [-0.25, -0.2) is 8.42 Å². The number of aliphatic imine (C=N–C) groups is 1. The lowest BCUT2D eigenvalue weighted by molar-refractivity contribution is 0.0785. The van der Waals surface area contributed by atoms with Crippen LogP contribution in [0.5, 0.6) is 0 Å². The number of hydrogen-bond acceptors (Lipinski definition) is 7. The van der Waals surface area contributed by atoms with Crippen molar-refractivity contribution in [3.8, 4) is 11.3 Å². The molecule has 0 aliphatic heterocycles. The van der Waals surface area contributed by atoms with E-state index in [1.54, 1.807) is 74.6 Å². The van der Waals surface area contributed by atoms with Gasteiger partial charge in [0.2, 0.25) is 0 Å². The van der Waals surface area contributed by atoms with Crippen molar-refractivity contribution in [1.82, 2.24) is 4.98 Å². The zero-order valence-electron chi connectivity index (χ0n) is 27.6. The van der Waals surface area contributed by atoms with Crippen LogP contribution in [0.4, 0.5) is 11.4 Å². The Balaban J connectivity index is 0.000000825. The molecule has 0 unspecified atom stereocenters. The molecule has 0 spiro atoms. The molecule has 46 heavy (non-hydrogen) atoms. The second-order valence-corrected chi connectivity index (χ2v) is 13.8. The minimum Gasteiger partial charge on any atom is -0.386 e. The fourth-order valence-corrected chi connectivity index (χ4v) is 6.12. The first kappa shape index (κ1) is 39.0. The monoisotopic (exact) mass is 682 g/mol. The Morgan fingerprint density at radius 2 is 1.65 bits per heavy atom. The third-order valence-electron chi connectivity index (χ3n) is 6.88. The summed E-state index contributed by atoms with van der Waals surface area (Å²) in [7, 11) is -2.47. The molecule has 1 heterocycles. The second kappa shape index (κ2) is 18.2. The van der Waals surface area contributed by atoms with E-state index in [2.05, 4.69) is 35.1 Å². The number of para-hydroxylation sites is 1. The number of sulfonamides is 1. The number of anilines is 1. The van der Waals surface area contributed by atoms with E-state index in [9.17, 15) is 13.5 Å². The molecule has 0 amide bonds. The van der Waals surface area contributed by atoms with Crippen LogP contribution in [0.1, 0.15) is 57.2 Å². The van der Waals surface area contributed by atoms with Crippen LogP contribution in [-0.2, 0) is 22.0 Å². The van der Waals surface area contributed by atoms with E-state index < -0.39 is 15.6 Å². The Labute approximate surface area is 286 Å². The van der Waals surface area contributed by atoms with Crippen LogP contribution in [0.25, 0.3) is 11.3 Å². The summed E-state index contributed by atoms with van der Waals surface area (Å²) >= 11 is 10.5. The van der Waals surface area contributed by atoms with Crippen molar-refractivity contribution < 1.29 is 13.5 Å². The maximum Gasteiger partial charge on any atom is 0.264 e. The predicted molar refractivity (Wildman–Crippen MR) is 198 cm³/mol. The minimum absolute atomic E-state index is 0.128. The van der Waals surface area contributed by atoms with Gasteiger partial charge in [-0.2, -0.15) is 12.6 Å². The zero-order chi connectivity index (χ0) is 34.5. The zero-order valence-corrected chi connectivity index (χ0v) is 30.1. The summed E-state index contributed by atoms with van der Waals surface area (Å²) in [5.74, 6) is 0. The van der Waals surface area contributed by atoms with E-state index >= 15 is 0 Å². The lowest BCUT2D eigenvalue weighted by Crippen LogP contribution is -2.33. The summed E-state index contributed by atoms with van der Waals surface area (Å²) < 4.78 is 29.4. The molecular weight excluding hydrogens is 636 g/mol. The summed E-state index contributed by atoms with van der Waals surface area (Å²) in [6, 6.07) is 22.9. The average molecular weight is 683 g/mol. The van der Waals surface area contributed by atoms with Gasteiger partial charge in [-0.3, -0.25) is 14.3 Å². The summed E-state index contributed by atoms with van der Waals surface area (Å²) in [4.78, 5) is 8.92. The standard InChI is InChI=1S/C30H30ClN3O3S.C3H6S.C2H6.CH5N/c1-21-12-14-24(15-13-21)38(36,37)34(19-17-22-8-5-6-10-26(22)31)28-11-7-9-25(29(28)32-4)27-20-23(16-18-33-27)30(2,3)35;4-3-1-2-3;2*1-2/h5-16,18,20,35H,4,17,19H2,1-3H3;3-4H,1-2H2;1-2H3;2H2,1H3. The number of thiol groups is 1. The largest absolute Gasteiger partial charge is 0.386 e. The maximum absolute atomic E-state index is 14.0. The van der Waals surface area contributed by atoms with E-state index in [1.807, 2.05) is 45.0 Å². The number of aromatic nitrogens is 1. The number of hydrogen-bond donors (Lipinski definition) is 3. The van der Waals surface area contributed by atoms with Crippen molar-refractivity contribution in [3.63, 3.8) is 0 Å². The smallest absolute Gasteiger partial charge is 0.264 e. The number of halogens is 1. The van der Waals surface area contributed by atoms with Crippen molar-refractivity contribution in [2.75, 3.05) is 17.9 Å². The molecule has 0 bridgehead atoms. The number of benzene rings is 3. The van der Waals surface area contributed by atoms with Crippen LogP contribution >= 0.6 is 24.2 Å². The van der Waals surface area contributed by atoms with Gasteiger partial charge in [-0.05, 0) is 101 Å². The lowest BCUT2D eigenvalue weighted by Gasteiger charge is -2.27. The van der Waals surface area contributed by atoms with Gasteiger partial charge in [0.25, 0.3) is 10.0 Å². The molecule has 0 radical (unpaired) electrons. The van der Waals surface area contributed by atoms with Crippen molar-refractivity contribution in [2.45, 2.75) is 69.6 Å². The molecule has 248 valence electrons. The van der Waals surface area contributed by atoms with Gasteiger partial charge in [0.15, 0.2) is 0 Å². The third kappa shape index (κ3) is 10.7. The molecule has 1 saturated carbocycles. The van der Waals surface area contributed by atoms with Crippen LogP contribution in [0.2, 0.25) is 5.02 Å². The first-order valence-corrected chi connectivity index (χ1v) is 17.6. The van der Waals surface area contributed by atoms with E-state index in [4.69, 9.17) is 11.6 Å². The summed E-state index contributed by atoms with van der Waals surface area (Å²) in [6.45, 7) is 13.2. The Kier molecular flexibility index (Phi) is 15.4. The fraction of sp³-hybridized carbons (Fsp3) is 0.333. The highest BCUT2D eigenvalue weighted by molar-refractivity contribution is 7.92. The fourth-order valence-electron chi connectivity index (χ4n) is 4.27. The number of nitrogens with zero attached hydrogens (tertiary/aromatic N) is 3. The number of aryl methyl sites for hydroxylation is 1. The molecule has 3 aromatic carbocycles. The van der Waals surface area contributed by atoms with Gasteiger partial charge in [-0.15, -0.1) is 0 Å². The van der Waals surface area contributed by atoms with Gasteiger partial charge in [0.1, 0.15) is 0 Å². The van der Waals surface area contributed by atoms with Gasteiger partial charge in [0.05, 0.1) is 27.6 Å². The Hall–Kier alpha value is -3.21. The molecule has 0 atom stereocenters. The van der Waals surface area contributed by atoms with Gasteiger partial charge < -0.3 is 10.8 Å². The third-order valence-corrected chi connectivity index (χ3v) is 9.59. The van der Waals surface area contributed by atoms with Crippen molar-refractivity contribution >= 4 is 52.3 Å². The first-order valence-electron chi connectivity index (χ1n) is 15.3. The molecule has 3 N–H and O–H groups in total. The Bertz CT molecular complexity index is 1650. The molecule has 1 fully saturated rings. The molecule has 0 saturated heterocycles. The SMILES string of the molecule is C=Nc1c(-c2cc(C(C)(C)O)ccn2)cccc1N(CCc1ccccc1Cl)S(=O)(=O)c1ccc(C)cc1.CC.CN.SC1CC1. The highest BCUT2D eigenvalue weighted by atomic mass is 35.5. The number of pyridine rings is 1. The predicted octanol–water partition coefficient (Wildman–Crippen LogP) is 8.39. The van der Waals surface area contributed by atoms with Gasteiger partial charge in [0, 0.05) is 28.6 Å². The van der Waals surface area contributed by atoms with Gasteiger partial charge >= 0.3 is 0 Å². The van der Waals surface area contributed by atoms with Crippen LogP contribution < -0.4 is 10.0 Å². The lowest BCUT2D eigenvalue weighted by atomic mass is 9.97. The average Bonchev–Trinajstić information content (AvgIpc) is 3.85. The van der Waals surface area contributed by atoms with Crippen molar-refractivity contribution in [2.24, 2.45) is 10.7 Å². The van der Waals surface area contributed by atoms with Gasteiger partial charge in [-0.1, -0.05) is 73.5 Å². The van der Waals surface area contributed by atoms with E-state index in [-0.39, 0.29) is 11.4 Å². The number of rotatable bonds is 9. The molecule has 1 aromatic heterocycles. The molecule has 1 aliphatic carbocycles. The normalized spacial score (nSPS) is 12.3. The van der Waals surface area contributed by atoms with E-state index in [1.165, 1.54) is 24.2 Å². The van der Waals surface area contributed by atoms with Crippen LogP contribution in [0, 0.1) is 6.92 Å². The maximum atomic E-state index is 14.0. The second-order valence-electron chi connectivity index (χ2n) is 10.8. The number of nitrogens with two attached hydrogens (primary N) is 1. The molecule has 4 aromatic rings. The van der Waals surface area contributed by atoms with E-state index in [0.29, 0.717) is 39.6 Å². The van der Waals surface area contributed by atoms with Crippen LogP contribution in [0.15, 0.2) is 94.9 Å². The molecule has 10 heteroatoms. The molecule has 7 nitrogen and oxygen atoms in total. The molecule has 5 rings (SSSR count). The summed E-state index contributed by atoms with van der Waals surface area (Å²) in [5, 5.41) is 11.9. The quantitative estimate of drug-likeness (QED) is 0.121. The minimum atomic E-state index is -3.97. The topological polar surface area (TPSA) is 109 Å². The highest BCUT2D eigenvalue weighted by Crippen LogP contribution is 2.41. The van der Waals surface area contributed by atoms with Crippen molar-refractivity contribution in [1.29, 1.82) is 0 Å². The Morgan fingerprint density at radius 1 is 1.04 bits per heavy atom. The Morgan fingerprint density at radius 3 is 2.20 bits per heavy atom. The highest BCUT2D eigenvalue weighted by Gasteiger charge is 2.28. The van der Waals surface area contributed by atoms with Crippen LogP contribution in [-0.4, -0.2) is 44.1 Å². The van der Waals surface area contributed by atoms with E-state index in [0.717, 1.165) is 16.4 Å². The van der Waals surface area contributed by atoms with Crippen molar-refractivity contribution in [3.05, 3.63) is 107 Å². The molecule has 1 aliphatic rings. The first-order chi connectivity index (χ1) is 21.9.